The molecule has 0 aromatic heterocycles. The third-order valence-electron chi connectivity index (χ3n) is 2.85. The summed E-state index contributed by atoms with van der Waals surface area (Å²) in [6.45, 7) is 4.97. The van der Waals surface area contributed by atoms with Gasteiger partial charge < -0.3 is 15.4 Å². The lowest BCUT2D eigenvalue weighted by Gasteiger charge is -2.11. The van der Waals surface area contributed by atoms with E-state index in [1.54, 1.807) is 20.2 Å². The van der Waals surface area contributed by atoms with Crippen LogP contribution < -0.4 is 10.5 Å². The summed E-state index contributed by atoms with van der Waals surface area (Å²) in [5.74, 6) is 1.25. The summed E-state index contributed by atoms with van der Waals surface area (Å²) in [5.41, 5.74) is 7.42. The number of anilines is 1. The molecule has 2 N–H and O–H groups in total. The number of nitrogens with two attached hydrogens (primary N) is 1. The van der Waals surface area contributed by atoms with Crippen molar-refractivity contribution in [2.75, 3.05) is 26.4 Å². The Bertz CT molecular complexity index is 479. The van der Waals surface area contributed by atoms with E-state index in [2.05, 4.69) is 13.8 Å². The first-order valence-electron chi connectivity index (χ1n) is 6.82. The molecule has 1 rings (SSSR count). The molecule has 110 valence electrons. The summed E-state index contributed by atoms with van der Waals surface area (Å²) in [4.78, 5) is 13.0. The SMILES string of the molecule is CC(C)CCOc1ccc(/C=C\C(=O)N(C)C)cc1N. The molecule has 0 atom stereocenters. The van der Waals surface area contributed by atoms with Gasteiger partial charge in [-0.15, -0.1) is 0 Å². The average molecular weight is 276 g/mol. The van der Waals surface area contributed by atoms with Gasteiger partial charge in [-0.25, -0.2) is 0 Å². The molecule has 0 saturated heterocycles. The van der Waals surface area contributed by atoms with Gasteiger partial charge in [0.05, 0.1) is 12.3 Å². The van der Waals surface area contributed by atoms with Crippen LogP contribution in [-0.2, 0) is 4.79 Å². The second-order valence-corrected chi connectivity index (χ2v) is 5.39. The van der Waals surface area contributed by atoms with Gasteiger partial charge >= 0.3 is 0 Å². The Balaban J connectivity index is 2.66. The fourth-order valence-corrected chi connectivity index (χ4v) is 1.52. The molecule has 1 aromatic rings. The molecule has 0 bridgehead atoms. The van der Waals surface area contributed by atoms with Gasteiger partial charge in [0.1, 0.15) is 5.75 Å². The topological polar surface area (TPSA) is 55.6 Å². The number of carbonyl (C=O) groups is 1. The molecule has 20 heavy (non-hydrogen) atoms. The van der Waals surface area contributed by atoms with Crippen LogP contribution in [0.15, 0.2) is 24.3 Å². The van der Waals surface area contributed by atoms with Crippen molar-refractivity contribution in [3.63, 3.8) is 0 Å². The second-order valence-electron chi connectivity index (χ2n) is 5.39. The van der Waals surface area contributed by atoms with E-state index in [0.717, 1.165) is 12.0 Å². The smallest absolute Gasteiger partial charge is 0.246 e. The van der Waals surface area contributed by atoms with E-state index >= 15 is 0 Å². The fraction of sp³-hybridized carbons (Fsp3) is 0.438. The summed E-state index contributed by atoms with van der Waals surface area (Å²) in [5, 5.41) is 0. The molecule has 0 saturated carbocycles. The van der Waals surface area contributed by atoms with Crippen molar-refractivity contribution in [2.45, 2.75) is 20.3 Å². The number of ether oxygens (including phenoxy) is 1. The summed E-state index contributed by atoms with van der Waals surface area (Å²) < 4.78 is 5.64. The Kier molecular flexibility index (Phi) is 6.10. The quantitative estimate of drug-likeness (QED) is 0.642. The van der Waals surface area contributed by atoms with Crippen molar-refractivity contribution in [1.29, 1.82) is 0 Å². The number of nitrogens with zero attached hydrogens (tertiary/aromatic N) is 1. The van der Waals surface area contributed by atoms with Gasteiger partial charge in [-0.2, -0.15) is 0 Å². The lowest BCUT2D eigenvalue weighted by Crippen LogP contribution is -2.18. The number of rotatable bonds is 6. The Hall–Kier alpha value is -1.97. The van der Waals surface area contributed by atoms with Gasteiger partial charge in [0.15, 0.2) is 0 Å². The van der Waals surface area contributed by atoms with Crippen molar-refractivity contribution < 1.29 is 9.53 Å². The van der Waals surface area contributed by atoms with Crippen molar-refractivity contribution in [1.82, 2.24) is 4.90 Å². The Morgan fingerprint density at radius 2 is 2.10 bits per heavy atom. The largest absolute Gasteiger partial charge is 0.491 e. The molecule has 0 aliphatic heterocycles. The molecular formula is C16H24N2O2. The standard InChI is InChI=1S/C16H24N2O2/c1-12(2)9-10-20-15-7-5-13(11-14(15)17)6-8-16(19)18(3)4/h5-8,11-12H,9-10,17H2,1-4H3/b8-6-. The summed E-state index contributed by atoms with van der Waals surface area (Å²) in [6, 6.07) is 5.54. The normalized spacial score (nSPS) is 11.1. The maximum Gasteiger partial charge on any atom is 0.246 e. The predicted octanol–water partition coefficient (Wildman–Crippen LogP) is 2.80. The van der Waals surface area contributed by atoms with E-state index in [1.807, 2.05) is 18.2 Å². The van der Waals surface area contributed by atoms with Crippen LogP contribution >= 0.6 is 0 Å². The van der Waals surface area contributed by atoms with Crippen LogP contribution in [0.1, 0.15) is 25.8 Å². The van der Waals surface area contributed by atoms with E-state index in [9.17, 15) is 4.79 Å². The molecule has 0 heterocycles. The van der Waals surface area contributed by atoms with Gasteiger partial charge in [0, 0.05) is 20.2 Å². The first-order chi connectivity index (χ1) is 9.40. The molecule has 0 fully saturated rings. The van der Waals surface area contributed by atoms with E-state index in [-0.39, 0.29) is 5.91 Å². The van der Waals surface area contributed by atoms with Crippen LogP contribution in [0.25, 0.3) is 6.08 Å². The van der Waals surface area contributed by atoms with Gasteiger partial charge in [0.2, 0.25) is 5.91 Å². The van der Waals surface area contributed by atoms with Crippen LogP contribution in [0, 0.1) is 5.92 Å². The van der Waals surface area contributed by atoms with Crippen molar-refractivity contribution in [2.24, 2.45) is 5.92 Å². The van der Waals surface area contributed by atoms with Crippen LogP contribution in [0.5, 0.6) is 5.75 Å². The zero-order chi connectivity index (χ0) is 15.1. The van der Waals surface area contributed by atoms with E-state index in [0.29, 0.717) is 24.0 Å². The molecule has 4 heteroatoms. The van der Waals surface area contributed by atoms with Gasteiger partial charge in [-0.1, -0.05) is 19.9 Å². The minimum Gasteiger partial charge on any atom is -0.491 e. The molecule has 0 unspecified atom stereocenters. The molecule has 1 amide bonds. The zero-order valence-corrected chi connectivity index (χ0v) is 12.7. The zero-order valence-electron chi connectivity index (χ0n) is 12.7. The number of hydrogen-bond donors (Lipinski definition) is 1. The molecule has 4 nitrogen and oxygen atoms in total. The van der Waals surface area contributed by atoms with Crippen LogP contribution in [0.4, 0.5) is 5.69 Å². The Morgan fingerprint density at radius 1 is 1.40 bits per heavy atom. The highest BCUT2D eigenvalue weighted by Gasteiger charge is 2.03. The first-order valence-corrected chi connectivity index (χ1v) is 6.82. The Morgan fingerprint density at radius 3 is 2.65 bits per heavy atom. The number of hydrogen-bond acceptors (Lipinski definition) is 3. The molecule has 0 aliphatic carbocycles. The molecule has 0 aliphatic rings. The number of likely N-dealkylation sites (N-methyl/N-ethyl adjacent to an activating group) is 1. The summed E-state index contributed by atoms with van der Waals surface area (Å²) in [6.07, 6.45) is 4.27. The number of nitrogen functional groups attached to an aromatic ring is 1. The van der Waals surface area contributed by atoms with E-state index in [1.165, 1.54) is 11.0 Å². The molecule has 1 aromatic carbocycles. The maximum absolute atomic E-state index is 11.5. The number of benzene rings is 1. The molecule has 0 radical (unpaired) electrons. The number of amides is 1. The summed E-state index contributed by atoms with van der Waals surface area (Å²) in [7, 11) is 3.43. The van der Waals surface area contributed by atoms with E-state index < -0.39 is 0 Å². The van der Waals surface area contributed by atoms with Crippen molar-refractivity contribution >= 4 is 17.7 Å². The highest BCUT2D eigenvalue weighted by Crippen LogP contribution is 2.23. The third-order valence-corrected chi connectivity index (χ3v) is 2.85. The van der Waals surface area contributed by atoms with Crippen molar-refractivity contribution in [3.05, 3.63) is 29.8 Å². The van der Waals surface area contributed by atoms with Crippen molar-refractivity contribution in [3.8, 4) is 5.75 Å². The lowest BCUT2D eigenvalue weighted by atomic mass is 10.1. The lowest BCUT2D eigenvalue weighted by molar-refractivity contribution is -0.123. The van der Waals surface area contributed by atoms with Gasteiger partial charge in [-0.05, 0) is 36.1 Å². The van der Waals surface area contributed by atoms with Crippen LogP contribution in [-0.4, -0.2) is 31.5 Å². The second kappa shape index (κ2) is 7.58. The monoisotopic (exact) mass is 276 g/mol. The Labute approximate surface area is 121 Å². The third kappa shape index (κ3) is 5.34. The predicted molar refractivity (Wildman–Crippen MR) is 83.5 cm³/mol. The van der Waals surface area contributed by atoms with Gasteiger partial charge in [-0.3, -0.25) is 4.79 Å². The number of carbonyl (C=O) groups excluding carboxylic acids is 1. The molecule has 0 spiro atoms. The highest BCUT2D eigenvalue weighted by atomic mass is 16.5. The van der Waals surface area contributed by atoms with E-state index in [4.69, 9.17) is 10.5 Å². The highest BCUT2D eigenvalue weighted by molar-refractivity contribution is 5.91. The first kappa shape index (κ1) is 16.1. The maximum atomic E-state index is 11.5. The average Bonchev–Trinajstić information content (AvgIpc) is 2.37. The summed E-state index contributed by atoms with van der Waals surface area (Å²) >= 11 is 0. The minimum atomic E-state index is -0.0548. The fourth-order valence-electron chi connectivity index (χ4n) is 1.52. The van der Waals surface area contributed by atoms with Gasteiger partial charge in [0.25, 0.3) is 0 Å². The minimum absolute atomic E-state index is 0.0548. The van der Waals surface area contributed by atoms with Crippen LogP contribution in [0.2, 0.25) is 0 Å². The van der Waals surface area contributed by atoms with Crippen LogP contribution in [0.3, 0.4) is 0 Å². The molecular weight excluding hydrogens is 252 g/mol.